The van der Waals surface area contributed by atoms with Gasteiger partial charge in [0.25, 0.3) is 0 Å². The van der Waals surface area contributed by atoms with E-state index in [0.717, 1.165) is 47.9 Å². The lowest BCUT2D eigenvalue weighted by molar-refractivity contribution is 0.0274. The Morgan fingerprint density at radius 1 is 1.06 bits per heavy atom. The molecule has 2 aromatic heterocycles. The van der Waals surface area contributed by atoms with E-state index < -0.39 is 0 Å². The lowest BCUT2D eigenvalue weighted by Crippen LogP contribution is -2.22. The predicted octanol–water partition coefficient (Wildman–Crippen LogP) is 5.70. The molecule has 1 atom stereocenters. The van der Waals surface area contributed by atoms with Crippen molar-refractivity contribution >= 4 is 27.9 Å². The second-order valence-corrected chi connectivity index (χ2v) is 8.68. The Labute approximate surface area is 191 Å². The van der Waals surface area contributed by atoms with Crippen molar-refractivity contribution in [2.24, 2.45) is 5.92 Å². The number of hydrogen-bond acceptors (Lipinski definition) is 5. The van der Waals surface area contributed by atoms with Crippen molar-refractivity contribution in [3.63, 3.8) is 0 Å². The number of imidazole rings is 1. The maximum atomic E-state index is 13.9. The van der Waals surface area contributed by atoms with E-state index in [2.05, 4.69) is 9.97 Å². The van der Waals surface area contributed by atoms with Gasteiger partial charge in [-0.3, -0.25) is 4.98 Å². The van der Waals surface area contributed by atoms with Crippen LogP contribution in [0.5, 0.6) is 0 Å². The molecular formula is C26H26FN3O3. The van der Waals surface area contributed by atoms with E-state index >= 15 is 0 Å². The van der Waals surface area contributed by atoms with E-state index in [0.29, 0.717) is 22.9 Å². The van der Waals surface area contributed by atoms with Gasteiger partial charge in [-0.25, -0.2) is 14.2 Å². The molecular weight excluding hydrogens is 421 g/mol. The first-order chi connectivity index (χ1) is 16.1. The minimum atomic E-state index is -0.383. The molecule has 0 amide bonds. The SMILES string of the molecule is COC(=O)c1ccc2[nH]c([C@H](OC)C3CCC(c4ccnc5ccc(F)cc45)CC3)nc2c1. The molecule has 33 heavy (non-hydrogen) atoms. The summed E-state index contributed by atoms with van der Waals surface area (Å²) in [6.07, 6.45) is 5.60. The molecule has 0 radical (unpaired) electrons. The summed E-state index contributed by atoms with van der Waals surface area (Å²) in [5.41, 5.74) is 4.05. The number of carbonyl (C=O) groups is 1. The number of esters is 1. The second kappa shape index (κ2) is 8.90. The number of nitrogens with zero attached hydrogens (tertiary/aromatic N) is 2. The van der Waals surface area contributed by atoms with Gasteiger partial charge in [0.15, 0.2) is 0 Å². The van der Waals surface area contributed by atoms with Gasteiger partial charge in [0, 0.05) is 18.7 Å². The number of halogens is 1. The van der Waals surface area contributed by atoms with Crippen LogP contribution in [0.3, 0.4) is 0 Å². The first-order valence-electron chi connectivity index (χ1n) is 11.2. The van der Waals surface area contributed by atoms with Crippen molar-refractivity contribution in [1.29, 1.82) is 0 Å². The van der Waals surface area contributed by atoms with Crippen molar-refractivity contribution in [2.75, 3.05) is 14.2 Å². The van der Waals surface area contributed by atoms with Crippen LogP contribution < -0.4 is 0 Å². The molecule has 6 nitrogen and oxygen atoms in total. The summed E-state index contributed by atoms with van der Waals surface area (Å²) >= 11 is 0. The number of aromatic nitrogens is 3. The van der Waals surface area contributed by atoms with Crippen molar-refractivity contribution in [3.8, 4) is 0 Å². The van der Waals surface area contributed by atoms with Gasteiger partial charge in [-0.1, -0.05) is 0 Å². The monoisotopic (exact) mass is 447 g/mol. The third-order valence-corrected chi connectivity index (χ3v) is 6.82. The molecule has 2 aromatic carbocycles. The molecule has 5 rings (SSSR count). The first kappa shape index (κ1) is 21.5. The fourth-order valence-corrected chi connectivity index (χ4v) is 5.16. The first-order valence-corrected chi connectivity index (χ1v) is 11.2. The number of ether oxygens (including phenoxy) is 2. The normalized spacial score (nSPS) is 19.6. The van der Waals surface area contributed by atoms with Crippen LogP contribution in [0.15, 0.2) is 48.7 Å². The Hall–Kier alpha value is -3.32. The van der Waals surface area contributed by atoms with E-state index in [1.165, 1.54) is 18.7 Å². The van der Waals surface area contributed by atoms with Crippen LogP contribution in [0, 0.1) is 11.7 Å². The topological polar surface area (TPSA) is 77.1 Å². The van der Waals surface area contributed by atoms with Gasteiger partial charge < -0.3 is 14.5 Å². The smallest absolute Gasteiger partial charge is 0.337 e. The van der Waals surface area contributed by atoms with Gasteiger partial charge in [-0.05, 0) is 85.5 Å². The van der Waals surface area contributed by atoms with E-state index in [1.807, 2.05) is 18.3 Å². The number of nitrogens with one attached hydrogen (secondary N) is 1. The Morgan fingerprint density at radius 3 is 2.64 bits per heavy atom. The largest absolute Gasteiger partial charge is 0.465 e. The summed E-state index contributed by atoms with van der Waals surface area (Å²) in [4.78, 5) is 24.3. The highest BCUT2D eigenvalue weighted by molar-refractivity contribution is 5.93. The van der Waals surface area contributed by atoms with Gasteiger partial charge >= 0.3 is 5.97 Å². The zero-order valence-electron chi connectivity index (χ0n) is 18.7. The lowest BCUT2D eigenvalue weighted by atomic mass is 9.76. The molecule has 4 aromatic rings. The van der Waals surface area contributed by atoms with Crippen LogP contribution in [0.2, 0.25) is 0 Å². The molecule has 1 N–H and O–H groups in total. The summed E-state index contributed by atoms with van der Waals surface area (Å²) in [6.45, 7) is 0. The Morgan fingerprint density at radius 2 is 1.88 bits per heavy atom. The van der Waals surface area contributed by atoms with Crippen LogP contribution >= 0.6 is 0 Å². The quantitative estimate of drug-likeness (QED) is 0.397. The highest BCUT2D eigenvalue weighted by Crippen LogP contribution is 2.43. The van der Waals surface area contributed by atoms with Crippen LogP contribution in [-0.4, -0.2) is 35.1 Å². The molecule has 2 heterocycles. The Bertz CT molecular complexity index is 1310. The van der Waals surface area contributed by atoms with Crippen molar-refractivity contribution in [2.45, 2.75) is 37.7 Å². The zero-order chi connectivity index (χ0) is 22.9. The number of carbonyl (C=O) groups excluding carboxylic acids is 1. The Balaban J connectivity index is 1.35. The fraction of sp³-hybridized carbons (Fsp3) is 0.346. The summed E-state index contributed by atoms with van der Waals surface area (Å²) in [7, 11) is 3.08. The van der Waals surface area contributed by atoms with Crippen LogP contribution in [0.4, 0.5) is 4.39 Å². The predicted molar refractivity (Wildman–Crippen MR) is 124 cm³/mol. The van der Waals surface area contributed by atoms with E-state index in [9.17, 15) is 9.18 Å². The van der Waals surface area contributed by atoms with Crippen LogP contribution in [0.1, 0.15) is 59.5 Å². The third-order valence-electron chi connectivity index (χ3n) is 6.82. The zero-order valence-corrected chi connectivity index (χ0v) is 18.7. The minimum absolute atomic E-state index is 0.161. The van der Waals surface area contributed by atoms with Gasteiger partial charge in [0.2, 0.25) is 0 Å². The van der Waals surface area contributed by atoms with Gasteiger partial charge in [0.05, 0.1) is 29.2 Å². The summed E-state index contributed by atoms with van der Waals surface area (Å²) < 4.78 is 24.6. The van der Waals surface area contributed by atoms with Crippen molar-refractivity contribution in [1.82, 2.24) is 15.0 Å². The summed E-state index contributed by atoms with van der Waals surface area (Å²) in [5, 5.41) is 0.905. The average molecular weight is 448 g/mol. The van der Waals surface area contributed by atoms with Crippen molar-refractivity contribution in [3.05, 3.63) is 71.4 Å². The van der Waals surface area contributed by atoms with Crippen molar-refractivity contribution < 1.29 is 18.7 Å². The number of pyridine rings is 1. The fourth-order valence-electron chi connectivity index (χ4n) is 5.16. The summed E-state index contributed by atoms with van der Waals surface area (Å²) in [5.74, 6) is 0.840. The molecule has 170 valence electrons. The van der Waals surface area contributed by atoms with Gasteiger partial charge in [0.1, 0.15) is 17.7 Å². The van der Waals surface area contributed by atoms with Crippen LogP contribution in [-0.2, 0) is 9.47 Å². The van der Waals surface area contributed by atoms with E-state index in [1.54, 1.807) is 31.4 Å². The molecule has 7 heteroatoms. The van der Waals surface area contributed by atoms with Gasteiger partial charge in [-0.2, -0.15) is 0 Å². The molecule has 0 aliphatic heterocycles. The number of aromatic amines is 1. The maximum absolute atomic E-state index is 13.9. The molecule has 0 spiro atoms. The standard InChI is InChI=1S/C26H26FN3O3/c1-32-24(25-29-22-9-7-17(26(31)33-2)13-23(22)30-25)16-5-3-15(4-6-16)19-11-12-28-21-10-8-18(27)14-20(19)21/h7-16,24H,3-6H2,1-2H3,(H,29,30)/t15?,16?,24-/m1/s1. The maximum Gasteiger partial charge on any atom is 0.337 e. The van der Waals surface area contributed by atoms with Gasteiger partial charge in [-0.15, -0.1) is 0 Å². The number of benzene rings is 2. The highest BCUT2D eigenvalue weighted by Gasteiger charge is 2.31. The average Bonchev–Trinajstić information content (AvgIpc) is 3.27. The molecule has 0 bridgehead atoms. The minimum Gasteiger partial charge on any atom is -0.465 e. The summed E-state index contributed by atoms with van der Waals surface area (Å²) in [6, 6.07) is 12.1. The molecule has 1 aliphatic rings. The molecule has 0 saturated heterocycles. The number of fused-ring (bicyclic) bond motifs is 2. The van der Waals surface area contributed by atoms with Crippen LogP contribution in [0.25, 0.3) is 21.9 Å². The van der Waals surface area contributed by atoms with E-state index in [-0.39, 0.29) is 17.9 Å². The number of H-pyrrole nitrogens is 1. The molecule has 1 fully saturated rings. The lowest BCUT2D eigenvalue weighted by Gasteiger charge is -2.33. The number of methoxy groups -OCH3 is 2. The molecule has 1 aliphatic carbocycles. The molecule has 0 unspecified atom stereocenters. The number of hydrogen-bond donors (Lipinski definition) is 1. The van der Waals surface area contributed by atoms with E-state index in [4.69, 9.17) is 14.5 Å². The Kier molecular flexibility index (Phi) is 5.81. The third kappa shape index (κ3) is 4.09. The second-order valence-electron chi connectivity index (χ2n) is 8.68. The highest BCUT2D eigenvalue weighted by atomic mass is 19.1. The molecule has 1 saturated carbocycles. The number of rotatable bonds is 5.